The molecule has 0 unspecified atom stereocenters. The lowest BCUT2D eigenvalue weighted by Crippen LogP contribution is -2.31. The summed E-state index contributed by atoms with van der Waals surface area (Å²) in [6.45, 7) is 6.81. The number of benzene rings is 1. The van der Waals surface area contributed by atoms with Gasteiger partial charge in [-0.3, -0.25) is 4.79 Å². The highest BCUT2D eigenvalue weighted by Crippen LogP contribution is 2.25. The summed E-state index contributed by atoms with van der Waals surface area (Å²) in [5.74, 6) is 0.0442. The first-order valence-electron chi connectivity index (χ1n) is 7.66. The Bertz CT molecular complexity index is 881. The fraction of sp³-hybridized carbons (Fsp3) is 0.211. The predicted molar refractivity (Wildman–Crippen MR) is 99.6 cm³/mol. The smallest absolute Gasteiger partial charge is 0.227 e. The van der Waals surface area contributed by atoms with Crippen LogP contribution in [0.1, 0.15) is 16.0 Å². The molecule has 0 aliphatic carbocycles. The summed E-state index contributed by atoms with van der Waals surface area (Å²) in [5.41, 5.74) is 2.86. The number of aryl methyl sites for hydroxylation is 1. The van der Waals surface area contributed by atoms with Gasteiger partial charge in [0.15, 0.2) is 0 Å². The second-order valence-electron chi connectivity index (χ2n) is 5.71. The molecule has 0 saturated carbocycles. The summed E-state index contributed by atoms with van der Waals surface area (Å²) in [4.78, 5) is 15.6. The summed E-state index contributed by atoms with van der Waals surface area (Å²) < 4.78 is 6.31. The fourth-order valence-electron chi connectivity index (χ4n) is 2.64. The van der Waals surface area contributed by atoms with E-state index in [0.29, 0.717) is 19.5 Å². The molecule has 0 radical (unpaired) electrons. The molecule has 0 N–H and O–H groups in total. The van der Waals surface area contributed by atoms with Crippen molar-refractivity contribution in [1.29, 1.82) is 0 Å². The second-order valence-corrected chi connectivity index (χ2v) is 7.51. The quantitative estimate of drug-likeness (QED) is 0.566. The molecule has 0 saturated heterocycles. The Morgan fingerprint density at radius 2 is 2.21 bits per heavy atom. The van der Waals surface area contributed by atoms with E-state index in [2.05, 4.69) is 6.58 Å². The zero-order valence-corrected chi connectivity index (χ0v) is 15.0. The first-order valence-corrected chi connectivity index (χ1v) is 8.86. The highest BCUT2D eigenvalue weighted by molar-refractivity contribution is 7.16. The van der Waals surface area contributed by atoms with Gasteiger partial charge >= 0.3 is 0 Å². The molecule has 124 valence electrons. The van der Waals surface area contributed by atoms with Gasteiger partial charge in [0.05, 0.1) is 23.6 Å². The number of thiophene rings is 1. The number of carbonyl (C=O) groups is 1. The van der Waals surface area contributed by atoms with E-state index in [1.165, 1.54) is 11.3 Å². The minimum Gasteiger partial charge on any atom is -0.464 e. The molecule has 2 aromatic heterocycles. The molecule has 3 aromatic rings. The molecule has 0 bridgehead atoms. The number of fused-ring (bicyclic) bond motifs is 1. The molecule has 1 aromatic carbocycles. The second kappa shape index (κ2) is 7.24. The minimum absolute atomic E-state index is 0.0442. The third-order valence-electron chi connectivity index (χ3n) is 3.83. The summed E-state index contributed by atoms with van der Waals surface area (Å²) in [5, 5.41) is 0.992. The summed E-state index contributed by atoms with van der Waals surface area (Å²) >= 11 is 7.47. The molecule has 0 aliphatic heterocycles. The lowest BCUT2D eigenvalue weighted by atomic mass is 10.1. The third kappa shape index (κ3) is 3.71. The van der Waals surface area contributed by atoms with Crippen LogP contribution in [0.2, 0.25) is 4.34 Å². The highest BCUT2D eigenvalue weighted by Gasteiger charge is 2.17. The molecule has 0 spiro atoms. The molecule has 0 atom stereocenters. The Labute approximate surface area is 150 Å². The van der Waals surface area contributed by atoms with Crippen LogP contribution >= 0.6 is 22.9 Å². The van der Waals surface area contributed by atoms with Crippen molar-refractivity contribution in [3.8, 4) is 0 Å². The number of furan rings is 1. The van der Waals surface area contributed by atoms with Crippen molar-refractivity contribution < 1.29 is 9.21 Å². The zero-order chi connectivity index (χ0) is 17.1. The van der Waals surface area contributed by atoms with E-state index in [1.807, 2.05) is 37.3 Å². The van der Waals surface area contributed by atoms with Crippen molar-refractivity contribution in [3.63, 3.8) is 0 Å². The topological polar surface area (TPSA) is 33.5 Å². The van der Waals surface area contributed by atoms with E-state index in [4.69, 9.17) is 16.0 Å². The maximum atomic E-state index is 12.7. The molecule has 0 aliphatic rings. The van der Waals surface area contributed by atoms with Crippen molar-refractivity contribution in [2.24, 2.45) is 0 Å². The molecule has 2 heterocycles. The Morgan fingerprint density at radius 1 is 1.38 bits per heavy atom. The van der Waals surface area contributed by atoms with Gasteiger partial charge in [0.1, 0.15) is 5.58 Å². The van der Waals surface area contributed by atoms with Crippen LogP contribution in [0.3, 0.4) is 0 Å². The van der Waals surface area contributed by atoms with Gasteiger partial charge in [-0.2, -0.15) is 0 Å². The van der Waals surface area contributed by atoms with Gasteiger partial charge in [-0.25, -0.2) is 0 Å². The summed E-state index contributed by atoms with van der Waals surface area (Å²) in [6.07, 6.45) is 3.73. The molecule has 0 fully saturated rings. The van der Waals surface area contributed by atoms with Crippen LogP contribution in [-0.4, -0.2) is 17.4 Å². The first-order chi connectivity index (χ1) is 11.6. The van der Waals surface area contributed by atoms with Crippen molar-refractivity contribution in [3.05, 3.63) is 69.6 Å². The molecule has 3 nitrogen and oxygen atoms in total. The molecule has 3 rings (SSSR count). The number of hydrogen-bond donors (Lipinski definition) is 0. The molecular weight excluding hydrogens is 342 g/mol. The lowest BCUT2D eigenvalue weighted by Gasteiger charge is -2.20. The zero-order valence-electron chi connectivity index (χ0n) is 13.4. The lowest BCUT2D eigenvalue weighted by molar-refractivity contribution is -0.130. The average molecular weight is 360 g/mol. The van der Waals surface area contributed by atoms with Crippen LogP contribution in [0.5, 0.6) is 0 Å². The van der Waals surface area contributed by atoms with Crippen molar-refractivity contribution in [2.45, 2.75) is 19.9 Å². The Kier molecular flexibility index (Phi) is 5.07. The van der Waals surface area contributed by atoms with Crippen LogP contribution in [-0.2, 0) is 17.8 Å². The van der Waals surface area contributed by atoms with E-state index < -0.39 is 0 Å². The van der Waals surface area contributed by atoms with Gasteiger partial charge in [0, 0.05) is 22.4 Å². The normalized spacial score (nSPS) is 10.9. The monoisotopic (exact) mass is 359 g/mol. The van der Waals surface area contributed by atoms with Gasteiger partial charge in [0.25, 0.3) is 0 Å². The Balaban J connectivity index is 1.78. The van der Waals surface area contributed by atoms with Crippen LogP contribution < -0.4 is 0 Å². The Hall–Kier alpha value is -2.04. The number of carbonyl (C=O) groups excluding carboxylic acids is 1. The number of nitrogens with zero attached hydrogens (tertiary/aromatic N) is 1. The van der Waals surface area contributed by atoms with E-state index in [1.54, 1.807) is 17.2 Å². The van der Waals surface area contributed by atoms with E-state index >= 15 is 0 Å². The molecular formula is C19H18ClNO2S. The highest BCUT2D eigenvalue weighted by atomic mass is 35.5. The fourth-order valence-corrected chi connectivity index (χ4v) is 3.74. The van der Waals surface area contributed by atoms with E-state index in [-0.39, 0.29) is 5.91 Å². The van der Waals surface area contributed by atoms with Crippen LogP contribution in [0.25, 0.3) is 11.0 Å². The van der Waals surface area contributed by atoms with Crippen molar-refractivity contribution >= 4 is 39.8 Å². The van der Waals surface area contributed by atoms with Gasteiger partial charge in [-0.05, 0) is 30.7 Å². The Morgan fingerprint density at radius 3 is 2.92 bits per heavy atom. The van der Waals surface area contributed by atoms with Gasteiger partial charge in [-0.1, -0.05) is 29.8 Å². The minimum atomic E-state index is 0.0442. The van der Waals surface area contributed by atoms with E-state index in [0.717, 1.165) is 31.3 Å². The van der Waals surface area contributed by atoms with Gasteiger partial charge < -0.3 is 9.32 Å². The third-order valence-corrected chi connectivity index (χ3v) is 5.05. The largest absolute Gasteiger partial charge is 0.464 e. The van der Waals surface area contributed by atoms with Gasteiger partial charge in [0.2, 0.25) is 5.91 Å². The van der Waals surface area contributed by atoms with Gasteiger partial charge in [-0.15, -0.1) is 17.9 Å². The van der Waals surface area contributed by atoms with Crippen LogP contribution in [0.15, 0.2) is 53.7 Å². The number of amides is 1. The maximum absolute atomic E-state index is 12.7. The predicted octanol–water partition coefficient (Wildman–Crippen LogP) is 5.21. The summed E-state index contributed by atoms with van der Waals surface area (Å²) in [7, 11) is 0. The van der Waals surface area contributed by atoms with Crippen LogP contribution in [0.4, 0.5) is 0 Å². The van der Waals surface area contributed by atoms with Crippen molar-refractivity contribution in [1.82, 2.24) is 4.90 Å². The average Bonchev–Trinajstić information content (AvgIpc) is 3.13. The number of rotatable bonds is 6. The van der Waals surface area contributed by atoms with Crippen molar-refractivity contribution in [2.75, 3.05) is 6.54 Å². The van der Waals surface area contributed by atoms with E-state index in [9.17, 15) is 4.79 Å². The standard InChI is InChI=1S/C19H18ClNO2S/c1-3-8-21(11-15-5-7-18(20)24-15)19(22)10-14-12-23-17-9-13(2)4-6-16(14)17/h3-7,9,12H,1,8,10-11H2,2H3. The first kappa shape index (κ1) is 16.8. The molecule has 5 heteroatoms. The SMILES string of the molecule is C=CCN(Cc1ccc(Cl)s1)C(=O)Cc1coc2cc(C)ccc12. The maximum Gasteiger partial charge on any atom is 0.227 e. The molecule has 1 amide bonds. The number of halogens is 1. The number of hydrogen-bond acceptors (Lipinski definition) is 3. The summed E-state index contributed by atoms with van der Waals surface area (Å²) in [6, 6.07) is 9.82. The van der Waals surface area contributed by atoms with Crippen LogP contribution in [0, 0.1) is 6.92 Å². The molecule has 24 heavy (non-hydrogen) atoms.